The standard InChI is InChI=1S/C18H19N3O3/c22-17-15-12-21(18(23)16-4-2-8-24-16)11-14(15)5-7-20(17)10-13-3-1-6-19-9-13/h1-4,6,8-9,14-15H,5,7,10-12H2/t14-,15-/m0/s1. The Balaban J connectivity index is 1.44. The Hall–Kier alpha value is -2.63. The van der Waals surface area contributed by atoms with E-state index in [1.807, 2.05) is 17.0 Å². The first-order valence-corrected chi connectivity index (χ1v) is 8.23. The third-order valence-corrected chi connectivity index (χ3v) is 4.96. The summed E-state index contributed by atoms with van der Waals surface area (Å²) < 4.78 is 5.19. The van der Waals surface area contributed by atoms with Crippen LogP contribution in [0.25, 0.3) is 0 Å². The summed E-state index contributed by atoms with van der Waals surface area (Å²) in [6, 6.07) is 7.23. The number of hydrogen-bond donors (Lipinski definition) is 0. The number of amides is 2. The molecule has 0 aromatic carbocycles. The summed E-state index contributed by atoms with van der Waals surface area (Å²) in [5.74, 6) is 0.509. The number of hydrogen-bond acceptors (Lipinski definition) is 4. The Kier molecular flexibility index (Phi) is 3.80. The molecule has 0 saturated carbocycles. The van der Waals surface area contributed by atoms with E-state index in [-0.39, 0.29) is 23.7 Å². The van der Waals surface area contributed by atoms with Crippen LogP contribution in [-0.4, -0.2) is 46.2 Å². The van der Waals surface area contributed by atoms with Gasteiger partial charge in [0.2, 0.25) is 5.91 Å². The highest BCUT2D eigenvalue weighted by atomic mass is 16.3. The molecule has 2 amide bonds. The zero-order chi connectivity index (χ0) is 16.5. The molecule has 6 nitrogen and oxygen atoms in total. The summed E-state index contributed by atoms with van der Waals surface area (Å²) in [5.41, 5.74) is 1.03. The Morgan fingerprint density at radius 3 is 2.96 bits per heavy atom. The van der Waals surface area contributed by atoms with Crippen molar-refractivity contribution in [3.63, 3.8) is 0 Å². The molecule has 0 N–H and O–H groups in total. The summed E-state index contributed by atoms with van der Waals surface area (Å²) in [6.45, 7) is 2.43. The number of carbonyl (C=O) groups is 2. The lowest BCUT2D eigenvalue weighted by atomic mass is 9.88. The van der Waals surface area contributed by atoms with Crippen molar-refractivity contribution in [3.8, 4) is 0 Å². The van der Waals surface area contributed by atoms with Crippen LogP contribution in [0.4, 0.5) is 0 Å². The van der Waals surface area contributed by atoms with E-state index in [2.05, 4.69) is 4.98 Å². The molecule has 124 valence electrons. The monoisotopic (exact) mass is 325 g/mol. The average Bonchev–Trinajstić information content (AvgIpc) is 3.27. The van der Waals surface area contributed by atoms with Crippen LogP contribution in [0.15, 0.2) is 47.3 Å². The molecule has 2 fully saturated rings. The molecule has 2 saturated heterocycles. The number of pyridine rings is 1. The van der Waals surface area contributed by atoms with Crippen LogP contribution in [0.2, 0.25) is 0 Å². The summed E-state index contributed by atoms with van der Waals surface area (Å²) in [7, 11) is 0. The number of piperidine rings is 1. The van der Waals surface area contributed by atoms with Gasteiger partial charge in [0.15, 0.2) is 5.76 Å². The van der Waals surface area contributed by atoms with E-state index in [0.29, 0.717) is 25.4 Å². The van der Waals surface area contributed by atoms with E-state index < -0.39 is 0 Å². The predicted molar refractivity (Wildman–Crippen MR) is 85.9 cm³/mol. The highest BCUT2D eigenvalue weighted by molar-refractivity contribution is 5.92. The van der Waals surface area contributed by atoms with Crippen molar-refractivity contribution in [2.45, 2.75) is 13.0 Å². The van der Waals surface area contributed by atoms with E-state index in [1.54, 1.807) is 29.4 Å². The van der Waals surface area contributed by atoms with Crippen LogP contribution in [0, 0.1) is 11.8 Å². The lowest BCUT2D eigenvalue weighted by Gasteiger charge is -2.33. The summed E-state index contributed by atoms with van der Waals surface area (Å²) in [4.78, 5) is 33.0. The third-order valence-electron chi connectivity index (χ3n) is 4.96. The van der Waals surface area contributed by atoms with E-state index >= 15 is 0 Å². The Labute approximate surface area is 140 Å². The van der Waals surface area contributed by atoms with Gasteiger partial charge in [-0.25, -0.2) is 0 Å². The molecule has 2 aromatic rings. The fraction of sp³-hybridized carbons (Fsp3) is 0.389. The second-order valence-electron chi connectivity index (χ2n) is 6.46. The van der Waals surface area contributed by atoms with Gasteiger partial charge in [0.1, 0.15) is 0 Å². The molecule has 4 heterocycles. The van der Waals surface area contributed by atoms with Crippen molar-refractivity contribution >= 4 is 11.8 Å². The zero-order valence-corrected chi connectivity index (χ0v) is 13.3. The third kappa shape index (κ3) is 2.68. The van der Waals surface area contributed by atoms with Gasteiger partial charge >= 0.3 is 0 Å². The van der Waals surface area contributed by atoms with Gasteiger partial charge in [-0.3, -0.25) is 14.6 Å². The highest BCUT2D eigenvalue weighted by Gasteiger charge is 2.44. The van der Waals surface area contributed by atoms with Gasteiger partial charge in [-0.1, -0.05) is 6.07 Å². The number of furan rings is 1. The van der Waals surface area contributed by atoms with Gasteiger partial charge in [0, 0.05) is 38.6 Å². The number of carbonyl (C=O) groups excluding carboxylic acids is 2. The van der Waals surface area contributed by atoms with Crippen LogP contribution in [0.3, 0.4) is 0 Å². The molecule has 2 atom stereocenters. The minimum absolute atomic E-state index is 0.102. The van der Waals surface area contributed by atoms with Crippen LogP contribution in [0.1, 0.15) is 22.5 Å². The molecule has 24 heavy (non-hydrogen) atoms. The van der Waals surface area contributed by atoms with E-state index in [4.69, 9.17) is 4.42 Å². The molecule has 0 bridgehead atoms. The number of rotatable bonds is 3. The second kappa shape index (κ2) is 6.11. The van der Waals surface area contributed by atoms with Crippen LogP contribution in [-0.2, 0) is 11.3 Å². The number of fused-ring (bicyclic) bond motifs is 1. The zero-order valence-electron chi connectivity index (χ0n) is 13.3. The average molecular weight is 325 g/mol. The van der Waals surface area contributed by atoms with Crippen molar-refractivity contribution in [2.24, 2.45) is 11.8 Å². The number of nitrogens with zero attached hydrogens (tertiary/aromatic N) is 3. The number of likely N-dealkylation sites (tertiary alicyclic amines) is 2. The van der Waals surface area contributed by atoms with Crippen LogP contribution >= 0.6 is 0 Å². The summed E-state index contributed by atoms with van der Waals surface area (Å²) >= 11 is 0. The fourth-order valence-corrected chi connectivity index (χ4v) is 3.70. The van der Waals surface area contributed by atoms with Crippen molar-refractivity contribution in [3.05, 3.63) is 54.2 Å². The SMILES string of the molecule is O=C(c1ccco1)N1C[C@@H]2CCN(Cc3cccnc3)C(=O)[C@H]2C1. The fourth-order valence-electron chi connectivity index (χ4n) is 3.70. The van der Waals surface area contributed by atoms with Gasteiger partial charge in [-0.15, -0.1) is 0 Å². The molecular formula is C18H19N3O3. The highest BCUT2D eigenvalue weighted by Crippen LogP contribution is 2.33. The minimum Gasteiger partial charge on any atom is -0.459 e. The summed E-state index contributed by atoms with van der Waals surface area (Å²) in [5, 5.41) is 0. The molecule has 0 radical (unpaired) electrons. The van der Waals surface area contributed by atoms with Crippen molar-refractivity contribution in [2.75, 3.05) is 19.6 Å². The normalized spacial score (nSPS) is 23.4. The van der Waals surface area contributed by atoms with Crippen LogP contribution < -0.4 is 0 Å². The molecule has 2 aliphatic heterocycles. The van der Waals surface area contributed by atoms with E-state index in [9.17, 15) is 9.59 Å². The first kappa shape index (κ1) is 14.9. The van der Waals surface area contributed by atoms with Gasteiger partial charge < -0.3 is 14.2 Å². The van der Waals surface area contributed by atoms with Gasteiger partial charge in [-0.2, -0.15) is 0 Å². The van der Waals surface area contributed by atoms with Gasteiger partial charge in [-0.05, 0) is 36.1 Å². The molecule has 0 aliphatic carbocycles. The van der Waals surface area contributed by atoms with Crippen molar-refractivity contribution in [1.29, 1.82) is 0 Å². The Morgan fingerprint density at radius 1 is 1.29 bits per heavy atom. The Bertz CT molecular complexity index is 729. The lowest BCUT2D eigenvalue weighted by Crippen LogP contribution is -2.44. The predicted octanol–water partition coefficient (Wildman–Crippen LogP) is 1.80. The van der Waals surface area contributed by atoms with Crippen molar-refractivity contribution < 1.29 is 14.0 Å². The maximum atomic E-state index is 12.8. The molecule has 4 rings (SSSR count). The first-order valence-electron chi connectivity index (χ1n) is 8.23. The summed E-state index contributed by atoms with van der Waals surface area (Å²) in [6.07, 6.45) is 5.95. The lowest BCUT2D eigenvalue weighted by molar-refractivity contribution is -0.140. The van der Waals surface area contributed by atoms with Crippen molar-refractivity contribution in [1.82, 2.24) is 14.8 Å². The first-order chi connectivity index (χ1) is 11.7. The quantitative estimate of drug-likeness (QED) is 0.863. The van der Waals surface area contributed by atoms with Gasteiger partial charge in [0.05, 0.1) is 12.2 Å². The number of aromatic nitrogens is 1. The topological polar surface area (TPSA) is 66.7 Å². The van der Waals surface area contributed by atoms with Gasteiger partial charge in [0.25, 0.3) is 5.91 Å². The smallest absolute Gasteiger partial charge is 0.289 e. The maximum absolute atomic E-state index is 12.8. The Morgan fingerprint density at radius 2 is 2.21 bits per heavy atom. The second-order valence-corrected chi connectivity index (χ2v) is 6.46. The molecule has 0 unspecified atom stereocenters. The van der Waals surface area contributed by atoms with E-state index in [1.165, 1.54) is 6.26 Å². The molecule has 2 aliphatic rings. The molecule has 2 aromatic heterocycles. The maximum Gasteiger partial charge on any atom is 0.289 e. The minimum atomic E-state index is -0.124. The largest absolute Gasteiger partial charge is 0.459 e. The molecule has 0 spiro atoms. The molecular weight excluding hydrogens is 306 g/mol. The molecule has 6 heteroatoms. The van der Waals surface area contributed by atoms with Crippen LogP contribution in [0.5, 0.6) is 0 Å². The van der Waals surface area contributed by atoms with E-state index in [0.717, 1.165) is 18.5 Å².